The quantitative estimate of drug-likeness (QED) is 0.800. The predicted molar refractivity (Wildman–Crippen MR) is 64.6 cm³/mol. The van der Waals surface area contributed by atoms with Gasteiger partial charge in [-0.05, 0) is 25.8 Å². The Bertz CT molecular complexity index is 414. The second kappa shape index (κ2) is 4.71. The summed E-state index contributed by atoms with van der Waals surface area (Å²) in [5, 5.41) is 3.03. The summed E-state index contributed by atoms with van der Waals surface area (Å²) in [7, 11) is 0. The summed E-state index contributed by atoms with van der Waals surface area (Å²) in [6, 6.07) is 1.63. The Kier molecular flexibility index (Phi) is 3.28. The van der Waals surface area contributed by atoms with Gasteiger partial charge in [0, 0.05) is 24.9 Å². The van der Waals surface area contributed by atoms with E-state index in [-0.39, 0.29) is 11.4 Å². The highest BCUT2D eigenvalue weighted by atomic mass is 16.5. The molecule has 1 amide bonds. The molecule has 0 atom stereocenters. The fourth-order valence-electron chi connectivity index (χ4n) is 1.90. The van der Waals surface area contributed by atoms with Gasteiger partial charge in [-0.2, -0.15) is 0 Å². The molecule has 5 heteroatoms. The number of carbonyl (C=O) groups is 1. The standard InChI is InChI=1S/C12H17N3O2/c1-12(3-6-17-7-4-12)15-11(16)9-2-5-14-8-10(9)13/h2,5,8H,3-4,6-7,13H2,1H3,(H,15,16). The largest absolute Gasteiger partial charge is 0.397 e. The van der Waals surface area contributed by atoms with Gasteiger partial charge in [-0.25, -0.2) is 0 Å². The molecule has 1 fully saturated rings. The average molecular weight is 235 g/mol. The topological polar surface area (TPSA) is 77.2 Å². The number of nitrogens with two attached hydrogens (primary N) is 1. The van der Waals surface area contributed by atoms with Crippen LogP contribution in [0, 0.1) is 0 Å². The first-order chi connectivity index (χ1) is 8.11. The lowest BCUT2D eigenvalue weighted by atomic mass is 9.92. The molecule has 2 heterocycles. The first-order valence-electron chi connectivity index (χ1n) is 5.70. The molecule has 1 saturated heterocycles. The fourth-order valence-corrected chi connectivity index (χ4v) is 1.90. The second-order valence-corrected chi connectivity index (χ2v) is 4.59. The summed E-state index contributed by atoms with van der Waals surface area (Å²) in [6.07, 6.45) is 4.70. The van der Waals surface area contributed by atoms with Gasteiger partial charge in [0.05, 0.1) is 17.4 Å². The van der Waals surface area contributed by atoms with Crippen LogP contribution in [0.3, 0.4) is 0 Å². The third-order valence-corrected chi connectivity index (χ3v) is 3.11. The van der Waals surface area contributed by atoms with Crippen LogP contribution in [-0.2, 0) is 4.74 Å². The van der Waals surface area contributed by atoms with Crippen molar-refractivity contribution in [2.75, 3.05) is 18.9 Å². The van der Waals surface area contributed by atoms with Crippen molar-refractivity contribution in [1.82, 2.24) is 10.3 Å². The number of hydrogen-bond donors (Lipinski definition) is 2. The highest BCUT2D eigenvalue weighted by molar-refractivity contribution is 5.99. The van der Waals surface area contributed by atoms with Crippen LogP contribution in [0.1, 0.15) is 30.1 Å². The van der Waals surface area contributed by atoms with E-state index in [2.05, 4.69) is 10.3 Å². The van der Waals surface area contributed by atoms with Gasteiger partial charge < -0.3 is 15.8 Å². The van der Waals surface area contributed by atoms with Crippen LogP contribution in [0.4, 0.5) is 5.69 Å². The Morgan fingerprint density at radius 2 is 2.24 bits per heavy atom. The number of pyridine rings is 1. The molecule has 5 nitrogen and oxygen atoms in total. The van der Waals surface area contributed by atoms with Gasteiger partial charge in [0.25, 0.3) is 5.91 Å². The third kappa shape index (κ3) is 2.74. The fraction of sp³-hybridized carbons (Fsp3) is 0.500. The number of hydrogen-bond acceptors (Lipinski definition) is 4. The average Bonchev–Trinajstić information content (AvgIpc) is 2.29. The molecule has 1 aliphatic heterocycles. The van der Waals surface area contributed by atoms with Crippen molar-refractivity contribution in [1.29, 1.82) is 0 Å². The molecule has 0 unspecified atom stereocenters. The molecule has 0 spiro atoms. The Morgan fingerprint density at radius 3 is 2.88 bits per heavy atom. The van der Waals surface area contributed by atoms with Crippen molar-refractivity contribution < 1.29 is 9.53 Å². The maximum atomic E-state index is 12.1. The van der Waals surface area contributed by atoms with Gasteiger partial charge in [0.1, 0.15) is 0 Å². The Labute approximate surface area is 100 Å². The van der Waals surface area contributed by atoms with E-state index in [4.69, 9.17) is 10.5 Å². The number of nitrogen functional groups attached to an aromatic ring is 1. The van der Waals surface area contributed by atoms with Crippen molar-refractivity contribution in [2.45, 2.75) is 25.3 Å². The van der Waals surface area contributed by atoms with Crippen LogP contribution in [0.2, 0.25) is 0 Å². The molecule has 3 N–H and O–H groups in total. The van der Waals surface area contributed by atoms with Gasteiger partial charge in [-0.1, -0.05) is 0 Å². The molecule has 0 aliphatic carbocycles. The number of anilines is 1. The zero-order valence-corrected chi connectivity index (χ0v) is 9.90. The summed E-state index contributed by atoms with van der Waals surface area (Å²) in [4.78, 5) is 15.9. The molecule has 1 aliphatic rings. The highest BCUT2D eigenvalue weighted by Gasteiger charge is 2.29. The van der Waals surface area contributed by atoms with Crippen molar-refractivity contribution >= 4 is 11.6 Å². The molecule has 0 bridgehead atoms. The summed E-state index contributed by atoms with van der Waals surface area (Å²) in [6.45, 7) is 3.40. The van der Waals surface area contributed by atoms with Crippen LogP contribution in [0.5, 0.6) is 0 Å². The van der Waals surface area contributed by atoms with Crippen molar-refractivity contribution in [3.8, 4) is 0 Å². The van der Waals surface area contributed by atoms with Crippen molar-refractivity contribution in [3.63, 3.8) is 0 Å². The molecule has 17 heavy (non-hydrogen) atoms. The van der Waals surface area contributed by atoms with Crippen LogP contribution in [-0.4, -0.2) is 29.6 Å². The predicted octanol–water partition coefficient (Wildman–Crippen LogP) is 0.963. The van der Waals surface area contributed by atoms with Crippen LogP contribution >= 0.6 is 0 Å². The normalized spacial score (nSPS) is 18.6. The van der Waals surface area contributed by atoms with E-state index in [1.165, 1.54) is 6.20 Å². The summed E-state index contributed by atoms with van der Waals surface area (Å²) in [5.41, 5.74) is 6.40. The number of carbonyl (C=O) groups excluding carboxylic acids is 1. The van der Waals surface area contributed by atoms with Gasteiger partial charge >= 0.3 is 0 Å². The Balaban J connectivity index is 2.09. The van der Waals surface area contributed by atoms with Gasteiger partial charge in [-0.15, -0.1) is 0 Å². The first-order valence-corrected chi connectivity index (χ1v) is 5.70. The van der Waals surface area contributed by atoms with Crippen LogP contribution in [0.25, 0.3) is 0 Å². The number of aromatic nitrogens is 1. The van der Waals surface area contributed by atoms with Crippen LogP contribution < -0.4 is 11.1 Å². The van der Waals surface area contributed by atoms with E-state index >= 15 is 0 Å². The van der Waals surface area contributed by atoms with E-state index in [1.807, 2.05) is 6.92 Å². The molecule has 2 rings (SSSR count). The van der Waals surface area contributed by atoms with Crippen molar-refractivity contribution in [2.24, 2.45) is 0 Å². The molecule has 0 radical (unpaired) electrons. The molecule has 92 valence electrons. The number of nitrogens with zero attached hydrogens (tertiary/aromatic N) is 1. The SMILES string of the molecule is CC1(NC(=O)c2ccncc2N)CCOCC1. The molecular weight excluding hydrogens is 218 g/mol. The zero-order valence-electron chi connectivity index (χ0n) is 9.90. The van der Waals surface area contributed by atoms with E-state index < -0.39 is 0 Å². The maximum Gasteiger partial charge on any atom is 0.253 e. The highest BCUT2D eigenvalue weighted by Crippen LogP contribution is 2.21. The first kappa shape index (κ1) is 11.9. The maximum absolute atomic E-state index is 12.1. The van der Waals surface area contributed by atoms with Gasteiger partial charge in [0.15, 0.2) is 0 Å². The number of rotatable bonds is 2. The van der Waals surface area contributed by atoms with Gasteiger partial charge in [0.2, 0.25) is 0 Å². The Morgan fingerprint density at radius 1 is 1.53 bits per heavy atom. The molecule has 1 aromatic rings. The van der Waals surface area contributed by atoms with E-state index in [0.717, 1.165) is 12.8 Å². The Hall–Kier alpha value is -1.62. The lowest BCUT2D eigenvalue weighted by Gasteiger charge is -2.34. The molecule has 0 aromatic carbocycles. The summed E-state index contributed by atoms with van der Waals surface area (Å²) < 4.78 is 5.29. The van der Waals surface area contributed by atoms with E-state index in [1.54, 1.807) is 12.3 Å². The molecule has 1 aromatic heterocycles. The minimum atomic E-state index is -0.203. The van der Waals surface area contributed by atoms with Gasteiger partial charge in [-0.3, -0.25) is 9.78 Å². The lowest BCUT2D eigenvalue weighted by Crippen LogP contribution is -2.49. The zero-order chi connectivity index (χ0) is 12.3. The number of ether oxygens (including phenoxy) is 1. The summed E-state index contributed by atoms with van der Waals surface area (Å²) >= 11 is 0. The van der Waals surface area contributed by atoms with E-state index in [9.17, 15) is 4.79 Å². The molecule has 0 saturated carbocycles. The monoisotopic (exact) mass is 235 g/mol. The minimum absolute atomic E-state index is 0.144. The van der Waals surface area contributed by atoms with Crippen molar-refractivity contribution in [3.05, 3.63) is 24.0 Å². The summed E-state index contributed by atoms with van der Waals surface area (Å²) in [5.74, 6) is -0.144. The third-order valence-electron chi connectivity index (χ3n) is 3.11. The van der Waals surface area contributed by atoms with E-state index in [0.29, 0.717) is 24.5 Å². The lowest BCUT2D eigenvalue weighted by molar-refractivity contribution is 0.0423. The number of amides is 1. The van der Waals surface area contributed by atoms with Crippen LogP contribution in [0.15, 0.2) is 18.5 Å². The molecular formula is C12H17N3O2. The smallest absolute Gasteiger partial charge is 0.253 e. The second-order valence-electron chi connectivity index (χ2n) is 4.59. The number of nitrogens with one attached hydrogen (secondary N) is 1. The minimum Gasteiger partial charge on any atom is -0.397 e.